The second kappa shape index (κ2) is 8.79. The van der Waals surface area contributed by atoms with E-state index >= 15 is 0 Å². The molecule has 0 bridgehead atoms. The zero-order valence-corrected chi connectivity index (χ0v) is 19.7. The molecule has 1 aromatic carbocycles. The maximum absolute atomic E-state index is 12.4. The van der Waals surface area contributed by atoms with Crippen molar-refractivity contribution in [2.24, 2.45) is 0 Å². The van der Waals surface area contributed by atoms with E-state index < -0.39 is 17.7 Å². The number of hydrogen-bond donors (Lipinski definition) is 1. The van der Waals surface area contributed by atoms with Gasteiger partial charge in [-0.3, -0.25) is 4.98 Å². The Kier molecular flexibility index (Phi) is 6.04. The van der Waals surface area contributed by atoms with Gasteiger partial charge in [-0.25, -0.2) is 9.78 Å². The Morgan fingerprint density at radius 2 is 1.82 bits per heavy atom. The summed E-state index contributed by atoms with van der Waals surface area (Å²) in [5, 5.41) is 11.0. The molecule has 33 heavy (non-hydrogen) atoms. The summed E-state index contributed by atoms with van der Waals surface area (Å²) in [5.74, 6) is -1.03. The van der Waals surface area contributed by atoms with Crippen molar-refractivity contribution in [3.05, 3.63) is 83.4 Å². The third kappa shape index (κ3) is 4.81. The highest BCUT2D eigenvalue weighted by atomic mass is 16.5. The normalized spacial score (nSPS) is 12.8. The van der Waals surface area contributed by atoms with Crippen molar-refractivity contribution in [3.63, 3.8) is 0 Å². The molecule has 0 aliphatic rings. The minimum Gasteiger partial charge on any atom is -0.479 e. The number of aromatic nitrogens is 3. The highest BCUT2D eigenvalue weighted by Gasteiger charge is 2.32. The fourth-order valence-electron chi connectivity index (χ4n) is 4.06. The molecule has 0 fully saturated rings. The molecule has 1 N–H and O–H groups in total. The number of carboxylic acid groups (broad SMARTS) is 1. The molecule has 3 heterocycles. The zero-order valence-electron chi connectivity index (χ0n) is 19.7. The Balaban J connectivity index is 1.97. The van der Waals surface area contributed by atoms with Gasteiger partial charge in [-0.15, -0.1) is 0 Å². The van der Waals surface area contributed by atoms with Crippen LogP contribution in [0.15, 0.2) is 60.9 Å². The standard InChI is InChI=1S/C27H29N3O3/c1-17-9-11-19(12-10-17)23-21-13-15-30(16-20-8-6-7-14-28-20)25(21)29-18(2)22(23)24(26(31)32)33-27(3,4)5/h6-15,24H,16H2,1-5H3,(H,31,32)/t24-/m0/s1. The average Bonchev–Trinajstić information content (AvgIpc) is 3.14. The van der Waals surface area contributed by atoms with E-state index in [1.807, 2.05) is 93.9 Å². The van der Waals surface area contributed by atoms with Crippen LogP contribution in [0.3, 0.4) is 0 Å². The van der Waals surface area contributed by atoms with E-state index in [0.717, 1.165) is 33.4 Å². The summed E-state index contributed by atoms with van der Waals surface area (Å²) in [7, 11) is 0. The van der Waals surface area contributed by atoms with Gasteiger partial charge in [0.2, 0.25) is 0 Å². The summed E-state index contributed by atoms with van der Waals surface area (Å²) in [4.78, 5) is 21.7. The smallest absolute Gasteiger partial charge is 0.337 e. The number of aliphatic carboxylic acids is 1. The maximum atomic E-state index is 12.4. The topological polar surface area (TPSA) is 77.2 Å². The number of carboxylic acids is 1. The molecule has 6 nitrogen and oxygen atoms in total. The van der Waals surface area contributed by atoms with Crippen LogP contribution < -0.4 is 0 Å². The Bertz CT molecular complexity index is 1290. The van der Waals surface area contributed by atoms with Gasteiger partial charge in [0.25, 0.3) is 0 Å². The van der Waals surface area contributed by atoms with E-state index in [4.69, 9.17) is 9.72 Å². The van der Waals surface area contributed by atoms with E-state index in [1.165, 1.54) is 0 Å². The van der Waals surface area contributed by atoms with Crippen LogP contribution in [0.25, 0.3) is 22.2 Å². The van der Waals surface area contributed by atoms with E-state index in [0.29, 0.717) is 17.8 Å². The lowest BCUT2D eigenvalue weighted by molar-refractivity contribution is -0.160. The van der Waals surface area contributed by atoms with Crippen molar-refractivity contribution >= 4 is 17.0 Å². The molecule has 0 unspecified atom stereocenters. The van der Waals surface area contributed by atoms with Crippen LogP contribution in [0.1, 0.15) is 49.4 Å². The van der Waals surface area contributed by atoms with Crippen LogP contribution in [0.2, 0.25) is 0 Å². The van der Waals surface area contributed by atoms with Crippen LogP contribution in [-0.2, 0) is 16.1 Å². The predicted molar refractivity (Wildman–Crippen MR) is 129 cm³/mol. The van der Waals surface area contributed by atoms with Gasteiger partial charge >= 0.3 is 5.97 Å². The number of ether oxygens (including phenoxy) is 1. The molecule has 170 valence electrons. The second-order valence-corrected chi connectivity index (χ2v) is 9.30. The highest BCUT2D eigenvalue weighted by Crippen LogP contribution is 2.39. The van der Waals surface area contributed by atoms with Crippen molar-refractivity contribution < 1.29 is 14.6 Å². The molecule has 1 atom stereocenters. The molecule has 0 spiro atoms. The Morgan fingerprint density at radius 3 is 2.42 bits per heavy atom. The molecule has 0 saturated heterocycles. The number of nitrogens with zero attached hydrogens (tertiary/aromatic N) is 3. The lowest BCUT2D eigenvalue weighted by Crippen LogP contribution is -2.28. The number of aryl methyl sites for hydroxylation is 2. The van der Waals surface area contributed by atoms with Crippen molar-refractivity contribution in [1.29, 1.82) is 0 Å². The summed E-state index contributed by atoms with van der Waals surface area (Å²) >= 11 is 0. The Hall–Kier alpha value is -3.51. The molecule has 3 aromatic heterocycles. The van der Waals surface area contributed by atoms with E-state index in [2.05, 4.69) is 4.98 Å². The summed E-state index contributed by atoms with van der Waals surface area (Å²) in [5.41, 5.74) is 5.21. The monoisotopic (exact) mass is 443 g/mol. The number of rotatable bonds is 6. The number of hydrogen-bond acceptors (Lipinski definition) is 4. The van der Waals surface area contributed by atoms with Gasteiger partial charge in [0.15, 0.2) is 6.10 Å². The minimum atomic E-state index is -1.14. The predicted octanol–water partition coefficient (Wildman–Crippen LogP) is 5.70. The number of fused-ring (bicyclic) bond motifs is 1. The van der Waals surface area contributed by atoms with Gasteiger partial charge in [0, 0.05) is 34.6 Å². The van der Waals surface area contributed by atoms with Crippen molar-refractivity contribution in [2.45, 2.75) is 52.9 Å². The third-order valence-corrected chi connectivity index (χ3v) is 5.49. The van der Waals surface area contributed by atoms with Gasteiger partial charge in [-0.2, -0.15) is 0 Å². The van der Waals surface area contributed by atoms with Crippen LogP contribution in [0.5, 0.6) is 0 Å². The molecule has 0 amide bonds. The molecule has 4 rings (SSSR count). The van der Waals surface area contributed by atoms with Gasteiger partial charge in [0.1, 0.15) is 5.65 Å². The Morgan fingerprint density at radius 1 is 1.09 bits per heavy atom. The first-order valence-corrected chi connectivity index (χ1v) is 11.0. The van der Waals surface area contributed by atoms with Gasteiger partial charge in [-0.05, 0) is 58.4 Å². The molecule has 0 saturated carbocycles. The summed E-state index contributed by atoms with van der Waals surface area (Å²) < 4.78 is 8.10. The zero-order chi connectivity index (χ0) is 23.8. The van der Waals surface area contributed by atoms with E-state index in [9.17, 15) is 9.90 Å². The summed E-state index contributed by atoms with van der Waals surface area (Å²) in [6, 6.07) is 16.0. The first-order chi connectivity index (χ1) is 15.6. The quantitative estimate of drug-likeness (QED) is 0.413. The van der Waals surface area contributed by atoms with E-state index in [1.54, 1.807) is 6.20 Å². The molecule has 6 heteroatoms. The van der Waals surface area contributed by atoms with E-state index in [-0.39, 0.29) is 0 Å². The van der Waals surface area contributed by atoms with Crippen molar-refractivity contribution in [1.82, 2.24) is 14.5 Å². The van der Waals surface area contributed by atoms with Gasteiger partial charge in [0.05, 0.1) is 17.8 Å². The van der Waals surface area contributed by atoms with Gasteiger partial charge < -0.3 is 14.4 Å². The molecule has 0 radical (unpaired) electrons. The SMILES string of the molecule is Cc1ccc(-c2c([C@H](OC(C)(C)C)C(=O)O)c(C)nc3c2ccn3Cc2ccccn2)cc1. The summed E-state index contributed by atoms with van der Waals surface area (Å²) in [6.07, 6.45) is 2.61. The lowest BCUT2D eigenvalue weighted by atomic mass is 9.92. The van der Waals surface area contributed by atoms with Crippen molar-refractivity contribution in [3.8, 4) is 11.1 Å². The first kappa shape index (κ1) is 22.7. The van der Waals surface area contributed by atoms with Crippen molar-refractivity contribution in [2.75, 3.05) is 0 Å². The number of benzene rings is 1. The molecule has 4 aromatic rings. The van der Waals surface area contributed by atoms with Crippen LogP contribution in [0.4, 0.5) is 0 Å². The minimum absolute atomic E-state index is 0.574. The highest BCUT2D eigenvalue weighted by molar-refractivity contribution is 5.97. The molecular weight excluding hydrogens is 414 g/mol. The number of carbonyl (C=O) groups is 1. The second-order valence-electron chi connectivity index (χ2n) is 9.30. The maximum Gasteiger partial charge on any atom is 0.337 e. The largest absolute Gasteiger partial charge is 0.479 e. The first-order valence-electron chi connectivity index (χ1n) is 11.0. The molecule has 0 aliphatic heterocycles. The van der Waals surface area contributed by atoms with Crippen LogP contribution in [-0.4, -0.2) is 31.2 Å². The van der Waals surface area contributed by atoms with Gasteiger partial charge in [-0.1, -0.05) is 35.9 Å². The fraction of sp³-hybridized carbons (Fsp3) is 0.296. The molecule has 0 aliphatic carbocycles. The molecular formula is C27H29N3O3. The number of pyridine rings is 2. The summed E-state index contributed by atoms with van der Waals surface area (Å²) in [6.45, 7) is 10.0. The lowest BCUT2D eigenvalue weighted by Gasteiger charge is -2.28. The van der Waals surface area contributed by atoms with Crippen LogP contribution >= 0.6 is 0 Å². The Labute approximate surface area is 193 Å². The van der Waals surface area contributed by atoms with Crippen LogP contribution in [0, 0.1) is 13.8 Å². The third-order valence-electron chi connectivity index (χ3n) is 5.49. The average molecular weight is 444 g/mol. The fourth-order valence-corrected chi connectivity index (χ4v) is 4.06.